The predicted molar refractivity (Wildman–Crippen MR) is 107 cm³/mol. The van der Waals surface area contributed by atoms with E-state index in [9.17, 15) is 4.79 Å². The molecule has 0 saturated carbocycles. The summed E-state index contributed by atoms with van der Waals surface area (Å²) in [6.45, 7) is 3.62. The van der Waals surface area contributed by atoms with Crippen LogP contribution in [-0.4, -0.2) is 45.6 Å². The maximum atomic E-state index is 15.1. The number of pyridine rings is 1. The van der Waals surface area contributed by atoms with Crippen molar-refractivity contribution in [3.8, 4) is 11.3 Å². The lowest BCUT2D eigenvalue weighted by atomic mass is 10.1. The summed E-state index contributed by atoms with van der Waals surface area (Å²) in [6, 6.07) is 12.9. The number of anilines is 1. The summed E-state index contributed by atoms with van der Waals surface area (Å²) in [6.07, 6.45) is 3.21. The first-order valence-electron chi connectivity index (χ1n) is 9.30. The zero-order valence-corrected chi connectivity index (χ0v) is 15.8. The molecule has 1 saturated heterocycles. The molecule has 2 aromatic heterocycles. The molecule has 0 atom stereocenters. The molecular weight excluding hydrogens is 357 g/mol. The summed E-state index contributed by atoms with van der Waals surface area (Å²) in [7, 11) is 1.74. The van der Waals surface area contributed by atoms with Gasteiger partial charge in [-0.25, -0.2) is 14.4 Å². The molecule has 1 aliphatic rings. The molecule has 0 bridgehead atoms. The Labute approximate surface area is 162 Å². The minimum absolute atomic E-state index is 0.00682. The van der Waals surface area contributed by atoms with Gasteiger partial charge in [0.1, 0.15) is 12.0 Å². The Hall–Kier alpha value is -3.06. The Morgan fingerprint density at radius 1 is 1.04 bits per heavy atom. The van der Waals surface area contributed by atoms with Gasteiger partial charge in [0.25, 0.3) is 5.56 Å². The van der Waals surface area contributed by atoms with E-state index < -0.39 is 0 Å². The zero-order chi connectivity index (χ0) is 19.5. The van der Waals surface area contributed by atoms with E-state index >= 15 is 4.39 Å². The van der Waals surface area contributed by atoms with Crippen molar-refractivity contribution in [1.29, 1.82) is 0 Å². The van der Waals surface area contributed by atoms with E-state index in [0.717, 1.165) is 24.2 Å². The van der Waals surface area contributed by atoms with Crippen LogP contribution in [0.5, 0.6) is 0 Å². The van der Waals surface area contributed by atoms with Crippen LogP contribution >= 0.6 is 0 Å². The van der Waals surface area contributed by atoms with E-state index in [1.807, 2.05) is 41.3 Å². The van der Waals surface area contributed by atoms with E-state index in [-0.39, 0.29) is 11.4 Å². The molecule has 28 heavy (non-hydrogen) atoms. The van der Waals surface area contributed by atoms with Crippen LogP contribution in [-0.2, 0) is 13.6 Å². The monoisotopic (exact) mass is 379 g/mol. The zero-order valence-electron chi connectivity index (χ0n) is 15.8. The highest BCUT2D eigenvalue weighted by Gasteiger charge is 2.23. The molecule has 7 heteroatoms. The third-order valence-electron chi connectivity index (χ3n) is 5.07. The van der Waals surface area contributed by atoms with Gasteiger partial charge < -0.3 is 9.47 Å². The molecule has 0 spiro atoms. The van der Waals surface area contributed by atoms with Crippen molar-refractivity contribution in [1.82, 2.24) is 19.4 Å². The molecule has 0 amide bonds. The third-order valence-corrected chi connectivity index (χ3v) is 5.07. The smallest absolute Gasteiger partial charge is 0.250 e. The summed E-state index contributed by atoms with van der Waals surface area (Å²) >= 11 is 0. The molecule has 3 aromatic rings. The summed E-state index contributed by atoms with van der Waals surface area (Å²) in [5.41, 5.74) is 2.06. The Morgan fingerprint density at radius 3 is 2.50 bits per heavy atom. The molecule has 0 radical (unpaired) electrons. The number of benzene rings is 1. The average molecular weight is 379 g/mol. The number of aryl methyl sites for hydroxylation is 1. The lowest BCUT2D eigenvalue weighted by molar-refractivity contribution is 0.248. The molecule has 0 N–H and O–H groups in total. The van der Waals surface area contributed by atoms with Crippen LogP contribution in [0.4, 0.5) is 10.2 Å². The maximum Gasteiger partial charge on any atom is 0.250 e. The van der Waals surface area contributed by atoms with Crippen LogP contribution in [0.25, 0.3) is 11.3 Å². The molecular formula is C21H22FN5O. The molecule has 1 fully saturated rings. The first-order valence-corrected chi connectivity index (χ1v) is 9.30. The number of piperazine rings is 1. The van der Waals surface area contributed by atoms with Crippen LogP contribution in [0, 0.1) is 5.82 Å². The van der Waals surface area contributed by atoms with E-state index in [4.69, 9.17) is 0 Å². The fourth-order valence-electron chi connectivity index (χ4n) is 3.44. The van der Waals surface area contributed by atoms with Crippen molar-refractivity contribution in [2.75, 3.05) is 31.1 Å². The second-order valence-electron chi connectivity index (χ2n) is 6.97. The average Bonchev–Trinajstić information content (AvgIpc) is 2.72. The first kappa shape index (κ1) is 18.3. The highest BCUT2D eigenvalue weighted by molar-refractivity contribution is 5.63. The van der Waals surface area contributed by atoms with E-state index in [1.165, 1.54) is 6.33 Å². The second kappa shape index (κ2) is 7.90. The highest BCUT2D eigenvalue weighted by atomic mass is 19.1. The van der Waals surface area contributed by atoms with Gasteiger partial charge in [-0.05, 0) is 11.6 Å². The lowest BCUT2D eigenvalue weighted by Gasteiger charge is -2.35. The van der Waals surface area contributed by atoms with Crippen LogP contribution < -0.4 is 10.5 Å². The van der Waals surface area contributed by atoms with Gasteiger partial charge in [0.15, 0.2) is 11.6 Å². The van der Waals surface area contributed by atoms with Crippen molar-refractivity contribution >= 4 is 5.82 Å². The number of halogens is 1. The number of nitrogens with zero attached hydrogens (tertiary/aromatic N) is 5. The summed E-state index contributed by atoms with van der Waals surface area (Å²) in [5, 5.41) is 0. The minimum atomic E-state index is -0.381. The topological polar surface area (TPSA) is 54.3 Å². The van der Waals surface area contributed by atoms with Crippen molar-refractivity contribution in [3.63, 3.8) is 0 Å². The molecule has 1 aliphatic heterocycles. The standard InChI is InChI=1S/C21H22FN5O/c1-25-8-7-16(13-18(25)28)14-26-9-11-27(12-10-26)21-19(22)20(23-15-24-21)17-5-3-2-4-6-17/h2-8,13,15H,9-12,14H2,1H3. The number of aromatic nitrogens is 3. The fraction of sp³-hybridized carbons (Fsp3) is 0.286. The molecule has 144 valence electrons. The summed E-state index contributed by atoms with van der Waals surface area (Å²) < 4.78 is 16.6. The van der Waals surface area contributed by atoms with E-state index in [0.29, 0.717) is 31.1 Å². The Bertz CT molecular complexity index is 1010. The Balaban J connectivity index is 1.45. The number of hydrogen-bond donors (Lipinski definition) is 0. The van der Waals surface area contributed by atoms with Gasteiger partial charge in [-0.2, -0.15) is 0 Å². The van der Waals surface area contributed by atoms with Crippen LogP contribution in [0.2, 0.25) is 0 Å². The molecule has 1 aromatic carbocycles. The van der Waals surface area contributed by atoms with Gasteiger partial charge in [0.05, 0.1) is 0 Å². The van der Waals surface area contributed by atoms with Gasteiger partial charge in [-0.15, -0.1) is 0 Å². The van der Waals surface area contributed by atoms with E-state index in [1.54, 1.807) is 23.9 Å². The quantitative estimate of drug-likeness (QED) is 0.696. The Kier molecular flexibility index (Phi) is 5.16. The molecule has 0 unspecified atom stereocenters. The summed E-state index contributed by atoms with van der Waals surface area (Å²) in [4.78, 5) is 24.3. The number of hydrogen-bond acceptors (Lipinski definition) is 5. The molecule has 4 rings (SSSR count). The fourth-order valence-corrected chi connectivity index (χ4v) is 3.44. The van der Waals surface area contributed by atoms with Crippen LogP contribution in [0.3, 0.4) is 0 Å². The highest BCUT2D eigenvalue weighted by Crippen LogP contribution is 2.26. The predicted octanol–water partition coefficient (Wildman–Crippen LogP) is 2.30. The van der Waals surface area contributed by atoms with Gasteiger partial charge >= 0.3 is 0 Å². The van der Waals surface area contributed by atoms with Crippen molar-refractivity contribution < 1.29 is 4.39 Å². The number of rotatable bonds is 4. The SMILES string of the molecule is Cn1ccc(CN2CCN(c3ncnc(-c4ccccc4)c3F)CC2)cc1=O. The van der Waals surface area contributed by atoms with Gasteiger partial charge in [0, 0.05) is 57.6 Å². The second-order valence-corrected chi connectivity index (χ2v) is 6.97. The maximum absolute atomic E-state index is 15.1. The van der Waals surface area contributed by atoms with Crippen LogP contribution in [0.15, 0.2) is 59.8 Å². The van der Waals surface area contributed by atoms with Crippen LogP contribution in [0.1, 0.15) is 5.56 Å². The molecule has 3 heterocycles. The van der Waals surface area contributed by atoms with Gasteiger partial charge in [0.2, 0.25) is 0 Å². The normalized spacial score (nSPS) is 15.0. The van der Waals surface area contributed by atoms with Crippen molar-refractivity contribution in [3.05, 3.63) is 76.7 Å². The van der Waals surface area contributed by atoms with E-state index in [2.05, 4.69) is 14.9 Å². The molecule has 0 aliphatic carbocycles. The summed E-state index contributed by atoms with van der Waals surface area (Å²) in [5.74, 6) is -0.0317. The first-order chi connectivity index (χ1) is 13.6. The van der Waals surface area contributed by atoms with Crippen molar-refractivity contribution in [2.45, 2.75) is 6.54 Å². The Morgan fingerprint density at radius 2 is 1.79 bits per heavy atom. The van der Waals surface area contributed by atoms with Crippen molar-refractivity contribution in [2.24, 2.45) is 7.05 Å². The lowest BCUT2D eigenvalue weighted by Crippen LogP contribution is -2.46. The molecule has 6 nitrogen and oxygen atoms in total. The van der Waals surface area contributed by atoms with Gasteiger partial charge in [-0.1, -0.05) is 30.3 Å². The third kappa shape index (κ3) is 3.80. The minimum Gasteiger partial charge on any atom is -0.352 e. The van der Waals surface area contributed by atoms with Gasteiger partial charge in [-0.3, -0.25) is 9.69 Å². The largest absolute Gasteiger partial charge is 0.352 e.